The van der Waals surface area contributed by atoms with Crippen molar-refractivity contribution < 1.29 is 0 Å². The maximum atomic E-state index is 6.25. The van der Waals surface area contributed by atoms with Gasteiger partial charge in [-0.25, -0.2) is 0 Å². The lowest BCUT2D eigenvalue weighted by molar-refractivity contribution is 0.698. The number of nitrogens with two attached hydrogens (primary N) is 1. The summed E-state index contributed by atoms with van der Waals surface area (Å²) in [7, 11) is 0. The smallest absolute Gasteiger partial charge is 0.0446 e. The second kappa shape index (κ2) is 3.25. The second-order valence-electron chi connectivity index (χ2n) is 4.35. The first-order chi connectivity index (χ1) is 6.60. The van der Waals surface area contributed by atoms with Crippen LogP contribution in [0.5, 0.6) is 0 Å². The van der Waals surface area contributed by atoms with Gasteiger partial charge in [0.2, 0.25) is 0 Å². The Morgan fingerprint density at radius 3 is 2.50 bits per heavy atom. The molecule has 2 N–H and O–H groups in total. The highest BCUT2D eigenvalue weighted by molar-refractivity contribution is 6.31. The Morgan fingerprint density at radius 2 is 2.00 bits per heavy atom. The molecule has 2 heteroatoms. The van der Waals surface area contributed by atoms with E-state index in [2.05, 4.69) is 19.9 Å². The van der Waals surface area contributed by atoms with Gasteiger partial charge in [-0.05, 0) is 49.4 Å². The zero-order valence-corrected chi connectivity index (χ0v) is 9.49. The minimum Gasteiger partial charge on any atom is -0.330 e. The van der Waals surface area contributed by atoms with E-state index in [0.29, 0.717) is 0 Å². The topological polar surface area (TPSA) is 26.0 Å². The third-order valence-corrected chi connectivity index (χ3v) is 3.77. The van der Waals surface area contributed by atoms with Crippen LogP contribution in [0.3, 0.4) is 0 Å². The standard InChI is InChI=1S/C12H16ClN/c1-8-3-4-10(13)11(9(8)2)12(7-14)5-6-12/h3-4H,5-7,14H2,1-2H3. The van der Waals surface area contributed by atoms with Crippen LogP contribution >= 0.6 is 11.6 Å². The first kappa shape index (κ1) is 10.0. The summed E-state index contributed by atoms with van der Waals surface area (Å²) in [4.78, 5) is 0. The molecule has 0 atom stereocenters. The third-order valence-electron chi connectivity index (χ3n) is 3.46. The van der Waals surface area contributed by atoms with E-state index >= 15 is 0 Å². The molecule has 0 radical (unpaired) electrons. The number of rotatable bonds is 2. The SMILES string of the molecule is Cc1ccc(Cl)c(C2(CN)CC2)c1C. The molecule has 2 rings (SSSR count). The summed E-state index contributed by atoms with van der Waals surface area (Å²) in [5.41, 5.74) is 9.95. The van der Waals surface area contributed by atoms with Gasteiger partial charge in [-0.1, -0.05) is 17.7 Å². The van der Waals surface area contributed by atoms with Crippen LogP contribution in [-0.2, 0) is 5.41 Å². The van der Waals surface area contributed by atoms with E-state index in [0.717, 1.165) is 11.6 Å². The molecular formula is C12H16ClN. The van der Waals surface area contributed by atoms with Crippen molar-refractivity contribution in [2.45, 2.75) is 32.1 Å². The Kier molecular flexibility index (Phi) is 2.32. The highest BCUT2D eigenvalue weighted by Crippen LogP contribution is 2.51. The van der Waals surface area contributed by atoms with E-state index in [-0.39, 0.29) is 5.41 Å². The van der Waals surface area contributed by atoms with Gasteiger partial charge in [-0.15, -0.1) is 0 Å². The van der Waals surface area contributed by atoms with Crippen molar-refractivity contribution in [1.82, 2.24) is 0 Å². The minimum atomic E-state index is 0.202. The van der Waals surface area contributed by atoms with E-state index in [1.807, 2.05) is 6.07 Å². The fourth-order valence-corrected chi connectivity index (χ4v) is 2.55. The molecule has 76 valence electrons. The molecule has 1 aromatic carbocycles. The average Bonchev–Trinajstić information content (AvgIpc) is 2.93. The molecule has 0 saturated heterocycles. The summed E-state index contributed by atoms with van der Waals surface area (Å²) in [6, 6.07) is 4.07. The monoisotopic (exact) mass is 209 g/mol. The van der Waals surface area contributed by atoms with Crippen molar-refractivity contribution >= 4 is 11.6 Å². The summed E-state index contributed by atoms with van der Waals surface area (Å²) in [5, 5.41) is 0.885. The van der Waals surface area contributed by atoms with Gasteiger partial charge in [0.05, 0.1) is 0 Å². The van der Waals surface area contributed by atoms with Crippen molar-refractivity contribution in [1.29, 1.82) is 0 Å². The van der Waals surface area contributed by atoms with Crippen LogP contribution in [-0.4, -0.2) is 6.54 Å². The largest absolute Gasteiger partial charge is 0.330 e. The van der Waals surface area contributed by atoms with Gasteiger partial charge >= 0.3 is 0 Å². The molecule has 1 nitrogen and oxygen atoms in total. The number of aryl methyl sites for hydroxylation is 1. The average molecular weight is 210 g/mol. The molecule has 0 bridgehead atoms. The zero-order valence-electron chi connectivity index (χ0n) is 8.73. The van der Waals surface area contributed by atoms with Crippen molar-refractivity contribution in [3.05, 3.63) is 33.8 Å². The number of benzene rings is 1. The second-order valence-corrected chi connectivity index (χ2v) is 4.76. The minimum absolute atomic E-state index is 0.202. The molecular weight excluding hydrogens is 194 g/mol. The quantitative estimate of drug-likeness (QED) is 0.797. The molecule has 14 heavy (non-hydrogen) atoms. The van der Waals surface area contributed by atoms with Crippen molar-refractivity contribution in [2.24, 2.45) is 5.73 Å². The number of halogens is 1. The molecule has 0 heterocycles. The number of hydrogen-bond acceptors (Lipinski definition) is 1. The van der Waals surface area contributed by atoms with Gasteiger partial charge < -0.3 is 5.73 Å². The summed E-state index contributed by atoms with van der Waals surface area (Å²) in [5.74, 6) is 0. The Balaban J connectivity index is 2.57. The highest BCUT2D eigenvalue weighted by Gasteiger charge is 2.45. The molecule has 0 unspecified atom stereocenters. The van der Waals surface area contributed by atoms with Crippen LogP contribution in [0.25, 0.3) is 0 Å². The lowest BCUT2D eigenvalue weighted by atomic mass is 9.89. The third kappa shape index (κ3) is 1.35. The lowest BCUT2D eigenvalue weighted by Gasteiger charge is -2.19. The zero-order chi connectivity index (χ0) is 10.3. The normalized spacial score (nSPS) is 18.3. The van der Waals surface area contributed by atoms with Crippen molar-refractivity contribution in [2.75, 3.05) is 6.54 Å². The fraction of sp³-hybridized carbons (Fsp3) is 0.500. The predicted octanol–water partition coefficient (Wildman–Crippen LogP) is 2.95. The van der Waals surface area contributed by atoms with E-state index in [4.69, 9.17) is 17.3 Å². The van der Waals surface area contributed by atoms with Crippen LogP contribution in [0.4, 0.5) is 0 Å². The van der Waals surface area contributed by atoms with Crippen LogP contribution in [0.2, 0.25) is 5.02 Å². The van der Waals surface area contributed by atoms with Gasteiger partial charge in [0.1, 0.15) is 0 Å². The fourth-order valence-electron chi connectivity index (χ4n) is 2.14. The van der Waals surface area contributed by atoms with Crippen LogP contribution < -0.4 is 5.73 Å². The first-order valence-corrected chi connectivity index (χ1v) is 5.45. The van der Waals surface area contributed by atoms with Gasteiger partial charge in [-0.2, -0.15) is 0 Å². The van der Waals surface area contributed by atoms with Gasteiger partial charge in [0.25, 0.3) is 0 Å². The van der Waals surface area contributed by atoms with Crippen LogP contribution in [0.1, 0.15) is 29.5 Å². The lowest BCUT2D eigenvalue weighted by Crippen LogP contribution is -2.21. The summed E-state index contributed by atoms with van der Waals surface area (Å²) >= 11 is 6.25. The van der Waals surface area contributed by atoms with Gasteiger partial charge in [0, 0.05) is 17.0 Å². The highest BCUT2D eigenvalue weighted by atomic mass is 35.5. The molecule has 0 aliphatic heterocycles. The van der Waals surface area contributed by atoms with Crippen LogP contribution in [0, 0.1) is 13.8 Å². The summed E-state index contributed by atoms with van der Waals surface area (Å²) < 4.78 is 0. The molecule has 0 amide bonds. The molecule has 0 spiro atoms. The maximum absolute atomic E-state index is 6.25. The van der Waals surface area contributed by atoms with Gasteiger partial charge in [-0.3, -0.25) is 0 Å². The van der Waals surface area contributed by atoms with E-state index < -0.39 is 0 Å². The molecule has 1 saturated carbocycles. The first-order valence-electron chi connectivity index (χ1n) is 5.07. The summed E-state index contributed by atoms with van der Waals surface area (Å²) in [6.07, 6.45) is 2.38. The Morgan fingerprint density at radius 1 is 1.36 bits per heavy atom. The summed E-state index contributed by atoms with van der Waals surface area (Å²) in [6.45, 7) is 4.99. The maximum Gasteiger partial charge on any atom is 0.0446 e. The molecule has 1 fully saturated rings. The van der Waals surface area contributed by atoms with Crippen molar-refractivity contribution in [3.8, 4) is 0 Å². The van der Waals surface area contributed by atoms with Crippen LogP contribution in [0.15, 0.2) is 12.1 Å². The number of hydrogen-bond donors (Lipinski definition) is 1. The molecule has 1 aliphatic rings. The van der Waals surface area contributed by atoms with Crippen molar-refractivity contribution in [3.63, 3.8) is 0 Å². The van der Waals surface area contributed by atoms with Gasteiger partial charge in [0.15, 0.2) is 0 Å². The van der Waals surface area contributed by atoms with E-state index in [1.54, 1.807) is 0 Å². The molecule has 0 aromatic heterocycles. The van der Waals surface area contributed by atoms with E-state index in [1.165, 1.54) is 29.5 Å². The molecule has 1 aromatic rings. The predicted molar refractivity (Wildman–Crippen MR) is 60.9 cm³/mol. The Labute approximate surface area is 90.3 Å². The van der Waals surface area contributed by atoms with E-state index in [9.17, 15) is 0 Å². The Hall–Kier alpha value is -0.530. The molecule has 1 aliphatic carbocycles. The Bertz CT molecular complexity index is 367.